The van der Waals surface area contributed by atoms with E-state index in [1.165, 1.54) is 0 Å². The Bertz CT molecular complexity index is 590. The third kappa shape index (κ3) is 3.33. The van der Waals surface area contributed by atoms with Gasteiger partial charge in [0.1, 0.15) is 5.75 Å². The van der Waals surface area contributed by atoms with Gasteiger partial charge in [0.15, 0.2) is 0 Å². The number of nitrogens with two attached hydrogens (primary N) is 1. The average molecular weight is 342 g/mol. The van der Waals surface area contributed by atoms with Crippen molar-refractivity contribution in [1.29, 1.82) is 0 Å². The molecule has 0 aliphatic heterocycles. The third-order valence-electron chi connectivity index (χ3n) is 2.57. The molecule has 0 bridgehead atoms. The second kappa shape index (κ2) is 6.17. The molecule has 0 aliphatic rings. The summed E-state index contributed by atoms with van der Waals surface area (Å²) in [6.07, 6.45) is 0. The van der Waals surface area contributed by atoms with E-state index < -0.39 is 0 Å². The molecule has 3 nitrogen and oxygen atoms in total. The van der Waals surface area contributed by atoms with Crippen molar-refractivity contribution in [2.75, 3.05) is 17.7 Å². The van der Waals surface area contributed by atoms with Crippen LogP contribution in [0.25, 0.3) is 0 Å². The molecule has 2 aromatic carbocycles. The number of hydrogen-bond donors (Lipinski definition) is 2. The van der Waals surface area contributed by atoms with Crippen LogP contribution in [0.15, 0.2) is 40.9 Å². The minimum atomic E-state index is 0.573. The van der Waals surface area contributed by atoms with Crippen LogP contribution in [0.3, 0.4) is 0 Å². The van der Waals surface area contributed by atoms with Gasteiger partial charge in [0.05, 0.1) is 28.7 Å². The minimum Gasteiger partial charge on any atom is -0.492 e. The maximum Gasteiger partial charge on any atom is 0.144 e. The van der Waals surface area contributed by atoms with Crippen LogP contribution in [-0.4, -0.2) is 6.61 Å². The summed E-state index contributed by atoms with van der Waals surface area (Å²) in [6, 6.07) is 11.2. The van der Waals surface area contributed by atoms with E-state index >= 15 is 0 Å². The van der Waals surface area contributed by atoms with Crippen molar-refractivity contribution < 1.29 is 4.74 Å². The number of nitrogen functional groups attached to an aromatic ring is 1. The predicted molar refractivity (Wildman–Crippen MR) is 84.5 cm³/mol. The van der Waals surface area contributed by atoms with Gasteiger partial charge >= 0.3 is 0 Å². The maximum atomic E-state index is 6.17. The summed E-state index contributed by atoms with van der Waals surface area (Å²) in [6.45, 7) is 2.50. The predicted octanol–water partition coefficient (Wildman–Crippen LogP) is 4.83. The monoisotopic (exact) mass is 340 g/mol. The molecule has 0 aromatic heterocycles. The Kier molecular flexibility index (Phi) is 4.56. The van der Waals surface area contributed by atoms with Gasteiger partial charge < -0.3 is 15.8 Å². The van der Waals surface area contributed by atoms with Crippen LogP contribution in [-0.2, 0) is 0 Å². The summed E-state index contributed by atoms with van der Waals surface area (Å²) in [5.41, 5.74) is 8.20. The molecule has 2 aromatic rings. The van der Waals surface area contributed by atoms with Gasteiger partial charge in [-0.05, 0) is 37.3 Å². The van der Waals surface area contributed by atoms with Gasteiger partial charge in [0, 0.05) is 4.47 Å². The van der Waals surface area contributed by atoms with Crippen LogP contribution in [0.1, 0.15) is 6.92 Å². The van der Waals surface area contributed by atoms with E-state index in [2.05, 4.69) is 21.2 Å². The van der Waals surface area contributed by atoms with Gasteiger partial charge in [-0.1, -0.05) is 33.6 Å². The van der Waals surface area contributed by atoms with Crippen molar-refractivity contribution in [1.82, 2.24) is 0 Å². The van der Waals surface area contributed by atoms with Gasteiger partial charge in [-0.25, -0.2) is 0 Å². The molecule has 0 saturated carbocycles. The average Bonchev–Trinajstić information content (AvgIpc) is 2.37. The van der Waals surface area contributed by atoms with Crippen LogP contribution < -0.4 is 15.8 Å². The molecular weight excluding hydrogens is 328 g/mol. The second-order valence-electron chi connectivity index (χ2n) is 3.90. The van der Waals surface area contributed by atoms with Gasteiger partial charge in [0.2, 0.25) is 0 Å². The first-order valence-corrected chi connectivity index (χ1v) is 7.02. The minimum absolute atomic E-state index is 0.573. The molecule has 5 heteroatoms. The SMILES string of the molecule is CCOc1cccc(Nc2ccc(Br)cc2Cl)c1N. The van der Waals surface area contributed by atoms with Gasteiger partial charge in [-0.3, -0.25) is 0 Å². The van der Waals surface area contributed by atoms with Crippen LogP contribution in [0, 0.1) is 0 Å². The number of rotatable bonds is 4. The summed E-state index contributed by atoms with van der Waals surface area (Å²) in [4.78, 5) is 0. The highest BCUT2D eigenvalue weighted by molar-refractivity contribution is 9.10. The van der Waals surface area contributed by atoms with E-state index in [4.69, 9.17) is 22.1 Å². The molecule has 19 heavy (non-hydrogen) atoms. The normalized spacial score (nSPS) is 10.3. The number of hydrogen-bond acceptors (Lipinski definition) is 3. The summed E-state index contributed by atoms with van der Waals surface area (Å²) in [5, 5.41) is 3.83. The lowest BCUT2D eigenvalue weighted by Gasteiger charge is -2.14. The fourth-order valence-electron chi connectivity index (χ4n) is 1.67. The van der Waals surface area contributed by atoms with Crippen LogP contribution in [0.4, 0.5) is 17.1 Å². The molecule has 0 amide bonds. The van der Waals surface area contributed by atoms with E-state index in [1.54, 1.807) is 0 Å². The Morgan fingerprint density at radius 1 is 1.26 bits per heavy atom. The smallest absolute Gasteiger partial charge is 0.144 e. The zero-order chi connectivity index (χ0) is 13.8. The van der Waals surface area contributed by atoms with E-state index in [-0.39, 0.29) is 0 Å². The molecule has 0 saturated heterocycles. The Hall–Kier alpha value is -1.39. The number of para-hydroxylation sites is 1. The zero-order valence-electron chi connectivity index (χ0n) is 10.4. The van der Waals surface area contributed by atoms with Crippen molar-refractivity contribution >= 4 is 44.6 Å². The zero-order valence-corrected chi connectivity index (χ0v) is 12.8. The van der Waals surface area contributed by atoms with Crippen molar-refractivity contribution in [3.8, 4) is 5.75 Å². The number of nitrogens with one attached hydrogen (secondary N) is 1. The topological polar surface area (TPSA) is 47.3 Å². The fraction of sp³-hybridized carbons (Fsp3) is 0.143. The first-order chi connectivity index (χ1) is 9.11. The van der Waals surface area contributed by atoms with E-state index in [0.29, 0.717) is 23.1 Å². The first kappa shape index (κ1) is 14.0. The van der Waals surface area contributed by atoms with Crippen LogP contribution in [0.2, 0.25) is 5.02 Å². The van der Waals surface area contributed by atoms with Crippen molar-refractivity contribution in [3.63, 3.8) is 0 Å². The lowest BCUT2D eigenvalue weighted by Crippen LogP contribution is -2.01. The standard InChI is InChI=1S/C14H14BrClN2O/c1-2-19-13-5-3-4-12(14(13)17)18-11-7-6-9(15)8-10(11)16/h3-8,18H,2,17H2,1H3. The molecular formula is C14H14BrClN2O. The van der Waals surface area contributed by atoms with E-state index in [0.717, 1.165) is 15.8 Å². The molecule has 0 spiro atoms. The number of anilines is 3. The Balaban J connectivity index is 2.30. The third-order valence-corrected chi connectivity index (χ3v) is 3.37. The van der Waals surface area contributed by atoms with E-state index in [1.807, 2.05) is 43.3 Å². The van der Waals surface area contributed by atoms with Crippen LogP contribution in [0.5, 0.6) is 5.75 Å². The van der Waals surface area contributed by atoms with Gasteiger partial charge in [-0.2, -0.15) is 0 Å². The van der Waals surface area contributed by atoms with Crippen LogP contribution >= 0.6 is 27.5 Å². The summed E-state index contributed by atoms with van der Waals surface area (Å²) < 4.78 is 6.39. The summed E-state index contributed by atoms with van der Waals surface area (Å²) in [5.74, 6) is 0.667. The maximum absolute atomic E-state index is 6.17. The number of ether oxygens (including phenoxy) is 1. The molecule has 2 rings (SSSR count). The number of benzene rings is 2. The quantitative estimate of drug-likeness (QED) is 0.783. The Morgan fingerprint density at radius 2 is 2.05 bits per heavy atom. The molecule has 100 valence electrons. The first-order valence-electron chi connectivity index (χ1n) is 5.85. The van der Waals surface area contributed by atoms with Gasteiger partial charge in [0.25, 0.3) is 0 Å². The molecule has 0 radical (unpaired) electrons. The largest absolute Gasteiger partial charge is 0.492 e. The van der Waals surface area contributed by atoms with Gasteiger partial charge in [-0.15, -0.1) is 0 Å². The van der Waals surface area contributed by atoms with Crippen molar-refractivity contribution in [2.24, 2.45) is 0 Å². The molecule has 0 unspecified atom stereocenters. The Morgan fingerprint density at radius 3 is 2.74 bits per heavy atom. The highest BCUT2D eigenvalue weighted by Crippen LogP contribution is 2.34. The summed E-state index contributed by atoms with van der Waals surface area (Å²) >= 11 is 9.54. The van der Waals surface area contributed by atoms with E-state index in [9.17, 15) is 0 Å². The molecule has 0 heterocycles. The molecule has 3 N–H and O–H groups in total. The molecule has 0 fully saturated rings. The second-order valence-corrected chi connectivity index (χ2v) is 5.22. The highest BCUT2D eigenvalue weighted by Gasteiger charge is 2.08. The fourth-order valence-corrected chi connectivity index (χ4v) is 2.39. The lowest BCUT2D eigenvalue weighted by molar-refractivity contribution is 0.342. The lowest BCUT2D eigenvalue weighted by atomic mass is 10.2. The Labute approximate surface area is 125 Å². The van der Waals surface area contributed by atoms with Crippen molar-refractivity contribution in [2.45, 2.75) is 6.92 Å². The molecule has 0 atom stereocenters. The molecule has 0 aliphatic carbocycles. The summed E-state index contributed by atoms with van der Waals surface area (Å²) in [7, 11) is 0. The number of halogens is 2. The highest BCUT2D eigenvalue weighted by atomic mass is 79.9. The van der Waals surface area contributed by atoms with Crippen molar-refractivity contribution in [3.05, 3.63) is 45.9 Å².